The quantitative estimate of drug-likeness (QED) is 0.181. The average molecular weight is 636 g/mol. The molecule has 0 bridgehead atoms. The first kappa shape index (κ1) is 28.8. The molecule has 0 N–H and O–H groups in total. The maximum atomic E-state index is 10.4. The SMILES string of the molecule is [C-]#[N+]c1cccc2c3cc(C#N)ccc3n(-c3cccc(-c4cccc(-c5c(C#N)cccc5-n5c6ccccc6c6ccccc65)c4)c3)c12. The zero-order chi connectivity index (χ0) is 33.8. The number of nitrogens with zero attached hydrogens (tertiary/aromatic N) is 5. The highest BCUT2D eigenvalue weighted by molar-refractivity contribution is 6.14. The number of para-hydroxylation sites is 3. The summed E-state index contributed by atoms with van der Waals surface area (Å²) in [6.45, 7) is 7.94. The number of hydrogen-bond donors (Lipinski definition) is 0. The number of nitriles is 2. The molecule has 0 radical (unpaired) electrons. The van der Waals surface area contributed by atoms with E-state index in [2.05, 4.69) is 117 Å². The second-order valence-electron chi connectivity index (χ2n) is 12.3. The summed E-state index contributed by atoms with van der Waals surface area (Å²) in [6.07, 6.45) is 0. The van der Waals surface area contributed by atoms with Crippen LogP contribution < -0.4 is 0 Å². The van der Waals surface area contributed by atoms with Crippen LogP contribution in [0, 0.1) is 29.2 Å². The molecule has 230 valence electrons. The van der Waals surface area contributed by atoms with Gasteiger partial charge in [-0.15, -0.1) is 0 Å². The lowest BCUT2D eigenvalue weighted by molar-refractivity contribution is 1.18. The molecule has 0 aliphatic carbocycles. The Bertz CT molecular complexity index is 2920. The normalized spacial score (nSPS) is 11.1. The topological polar surface area (TPSA) is 61.8 Å². The Kier molecular flexibility index (Phi) is 6.56. The highest BCUT2D eigenvalue weighted by Crippen LogP contribution is 2.41. The van der Waals surface area contributed by atoms with Crippen LogP contribution in [0.25, 0.3) is 82.1 Å². The van der Waals surface area contributed by atoms with E-state index < -0.39 is 0 Å². The van der Waals surface area contributed by atoms with Gasteiger partial charge in [-0.3, -0.25) is 0 Å². The predicted molar refractivity (Wildman–Crippen MR) is 202 cm³/mol. The molecule has 5 nitrogen and oxygen atoms in total. The highest BCUT2D eigenvalue weighted by atomic mass is 15.0. The first-order valence-electron chi connectivity index (χ1n) is 16.3. The first-order chi connectivity index (χ1) is 24.7. The van der Waals surface area contributed by atoms with Crippen LogP contribution in [0.4, 0.5) is 5.69 Å². The standard InChI is InChI=1S/C45H25N5/c1-48-39-18-9-17-37-38-24-29(27-46)22-23-42(38)49(45(37)39)34-14-7-11-31(26-34)30-10-6-12-32(25-30)44-33(28-47)13-8-21-43(44)50-40-19-4-2-15-35(40)36-16-3-5-20-41(36)50/h2-26H. The van der Waals surface area contributed by atoms with Crippen LogP contribution >= 0.6 is 0 Å². The Labute approximate surface area is 288 Å². The molecule has 0 unspecified atom stereocenters. The second-order valence-corrected chi connectivity index (χ2v) is 12.3. The van der Waals surface area contributed by atoms with E-state index in [0.29, 0.717) is 16.8 Å². The van der Waals surface area contributed by atoms with Gasteiger partial charge in [0.25, 0.3) is 0 Å². The molecule has 50 heavy (non-hydrogen) atoms. The molecular formula is C45H25N5. The molecule has 9 rings (SSSR count). The monoisotopic (exact) mass is 635 g/mol. The fourth-order valence-electron chi connectivity index (χ4n) is 7.46. The van der Waals surface area contributed by atoms with Crippen LogP contribution in [-0.4, -0.2) is 9.13 Å². The van der Waals surface area contributed by atoms with Crippen molar-refractivity contribution < 1.29 is 0 Å². The Hall–Kier alpha value is -7.39. The molecular weight excluding hydrogens is 611 g/mol. The van der Waals surface area contributed by atoms with Gasteiger partial charge in [-0.1, -0.05) is 91.0 Å². The third-order valence-corrected chi connectivity index (χ3v) is 9.59. The molecule has 0 spiro atoms. The first-order valence-corrected chi connectivity index (χ1v) is 16.3. The van der Waals surface area contributed by atoms with Gasteiger partial charge in [0, 0.05) is 27.4 Å². The van der Waals surface area contributed by atoms with Crippen molar-refractivity contribution in [1.82, 2.24) is 9.13 Å². The van der Waals surface area contributed by atoms with Crippen molar-refractivity contribution in [3.8, 4) is 45.8 Å². The Morgan fingerprint density at radius 1 is 0.500 bits per heavy atom. The highest BCUT2D eigenvalue weighted by Gasteiger charge is 2.19. The van der Waals surface area contributed by atoms with Gasteiger partial charge in [-0.25, -0.2) is 4.85 Å². The molecule has 0 amide bonds. The summed E-state index contributed by atoms with van der Waals surface area (Å²) in [5, 5.41) is 24.2. The van der Waals surface area contributed by atoms with E-state index in [-0.39, 0.29) is 0 Å². The minimum atomic E-state index is 0.551. The maximum Gasteiger partial charge on any atom is 0.211 e. The van der Waals surface area contributed by atoms with E-state index >= 15 is 0 Å². The summed E-state index contributed by atoms with van der Waals surface area (Å²) >= 11 is 0. The van der Waals surface area contributed by atoms with Gasteiger partial charge in [0.1, 0.15) is 0 Å². The third-order valence-electron chi connectivity index (χ3n) is 9.59. The number of aromatic nitrogens is 2. The molecule has 2 aromatic heterocycles. The Morgan fingerprint density at radius 3 is 1.88 bits per heavy atom. The summed E-state index contributed by atoms with van der Waals surface area (Å²) in [6, 6.07) is 55.6. The summed E-state index contributed by atoms with van der Waals surface area (Å²) in [5.41, 5.74) is 11.3. The van der Waals surface area contributed by atoms with Crippen molar-refractivity contribution in [2.24, 2.45) is 0 Å². The van der Waals surface area contributed by atoms with E-state index in [0.717, 1.165) is 77.2 Å². The average Bonchev–Trinajstić information content (AvgIpc) is 3.70. The van der Waals surface area contributed by atoms with E-state index in [4.69, 9.17) is 6.57 Å². The molecule has 7 aromatic carbocycles. The van der Waals surface area contributed by atoms with Crippen LogP contribution in [0.15, 0.2) is 152 Å². The fraction of sp³-hybridized carbons (Fsp3) is 0. The van der Waals surface area contributed by atoms with Gasteiger partial charge in [0.15, 0.2) is 0 Å². The number of fused-ring (bicyclic) bond motifs is 6. The molecule has 9 aromatic rings. The summed E-state index contributed by atoms with van der Waals surface area (Å²) in [7, 11) is 0. The van der Waals surface area contributed by atoms with E-state index in [9.17, 15) is 10.5 Å². The van der Waals surface area contributed by atoms with Crippen LogP contribution in [0.1, 0.15) is 11.1 Å². The van der Waals surface area contributed by atoms with Crippen LogP contribution in [0.2, 0.25) is 0 Å². The van der Waals surface area contributed by atoms with Gasteiger partial charge in [-0.05, 0) is 82.7 Å². The maximum absolute atomic E-state index is 10.4. The largest absolute Gasteiger partial charge is 0.319 e. The van der Waals surface area contributed by atoms with Crippen LogP contribution in [0.5, 0.6) is 0 Å². The van der Waals surface area contributed by atoms with E-state index in [1.165, 1.54) is 0 Å². The summed E-state index contributed by atoms with van der Waals surface area (Å²) in [5.74, 6) is 0. The van der Waals surface area contributed by atoms with Gasteiger partial charge in [-0.2, -0.15) is 10.5 Å². The van der Waals surface area contributed by atoms with Gasteiger partial charge in [0.05, 0.1) is 57.6 Å². The van der Waals surface area contributed by atoms with Crippen LogP contribution in [0.3, 0.4) is 0 Å². The fourth-order valence-corrected chi connectivity index (χ4v) is 7.46. The van der Waals surface area contributed by atoms with Crippen molar-refractivity contribution in [1.29, 1.82) is 10.5 Å². The van der Waals surface area contributed by atoms with Crippen molar-refractivity contribution >= 4 is 49.3 Å². The molecule has 0 fully saturated rings. The zero-order valence-corrected chi connectivity index (χ0v) is 26.7. The van der Waals surface area contributed by atoms with Crippen LogP contribution in [-0.2, 0) is 0 Å². The van der Waals surface area contributed by atoms with Crippen molar-refractivity contribution in [2.45, 2.75) is 0 Å². The molecule has 0 saturated heterocycles. The van der Waals surface area contributed by atoms with Gasteiger partial charge in [0.2, 0.25) is 5.69 Å². The minimum Gasteiger partial charge on any atom is -0.319 e. The molecule has 0 aliphatic heterocycles. The molecule has 0 saturated carbocycles. The molecule has 5 heteroatoms. The molecule has 0 atom stereocenters. The molecule has 2 heterocycles. The smallest absolute Gasteiger partial charge is 0.211 e. The summed E-state index contributed by atoms with van der Waals surface area (Å²) < 4.78 is 4.39. The van der Waals surface area contributed by atoms with E-state index in [1.54, 1.807) is 0 Å². The zero-order valence-electron chi connectivity index (χ0n) is 26.7. The number of hydrogen-bond acceptors (Lipinski definition) is 2. The second kappa shape index (κ2) is 11.4. The van der Waals surface area contributed by atoms with Gasteiger partial charge >= 0.3 is 0 Å². The lowest BCUT2D eigenvalue weighted by Crippen LogP contribution is -1.99. The van der Waals surface area contributed by atoms with Crippen molar-refractivity contribution in [3.63, 3.8) is 0 Å². The number of benzene rings is 7. The Balaban J connectivity index is 1.24. The van der Waals surface area contributed by atoms with Crippen molar-refractivity contribution in [2.75, 3.05) is 0 Å². The van der Waals surface area contributed by atoms with E-state index in [1.807, 2.05) is 60.7 Å². The molecule has 0 aliphatic rings. The minimum absolute atomic E-state index is 0.551. The lowest BCUT2D eigenvalue weighted by Gasteiger charge is -2.16. The third kappa shape index (κ3) is 4.31. The number of rotatable bonds is 4. The van der Waals surface area contributed by atoms with Gasteiger partial charge < -0.3 is 9.13 Å². The van der Waals surface area contributed by atoms with Crippen molar-refractivity contribution in [3.05, 3.63) is 174 Å². The predicted octanol–water partition coefficient (Wildman–Crippen LogP) is 11.5. The summed E-state index contributed by atoms with van der Waals surface area (Å²) in [4.78, 5) is 3.87. The Morgan fingerprint density at radius 2 is 1.14 bits per heavy atom. The lowest BCUT2D eigenvalue weighted by atomic mass is 9.94.